The molecule has 2 aromatic rings. The Balaban J connectivity index is 1.57. The van der Waals surface area contributed by atoms with E-state index in [0.29, 0.717) is 18.0 Å². The predicted molar refractivity (Wildman–Crippen MR) is 81.9 cm³/mol. The number of halogens is 1. The molecule has 4 nitrogen and oxygen atoms in total. The Morgan fingerprint density at radius 3 is 2.73 bits per heavy atom. The van der Waals surface area contributed by atoms with E-state index in [-0.39, 0.29) is 17.5 Å². The lowest BCUT2D eigenvalue weighted by Gasteiger charge is -2.19. The molecule has 0 aromatic heterocycles. The number of para-hydroxylation sites is 2. The first kappa shape index (κ1) is 14.1. The predicted octanol–water partition coefficient (Wildman–Crippen LogP) is 2.83. The third-order valence-electron chi connectivity index (χ3n) is 3.28. The SMILES string of the molecule is O=C1Nc2ccccc2O/C1=C\NCCc1ccc(F)cc1. The van der Waals surface area contributed by atoms with Crippen LogP contribution in [-0.4, -0.2) is 12.5 Å². The van der Waals surface area contributed by atoms with Gasteiger partial charge >= 0.3 is 0 Å². The molecule has 0 saturated carbocycles. The standard InChI is InChI=1S/C17H15FN2O2/c18-13-7-5-12(6-8-13)9-10-19-11-16-17(21)20-14-3-1-2-4-15(14)22-16/h1-8,11,19H,9-10H2,(H,20,21)/b16-11-. The first-order valence-electron chi connectivity index (χ1n) is 6.98. The molecule has 0 atom stereocenters. The minimum absolute atomic E-state index is 0.220. The second kappa shape index (κ2) is 6.30. The lowest BCUT2D eigenvalue weighted by Crippen LogP contribution is -2.25. The van der Waals surface area contributed by atoms with Crippen LogP contribution in [0.1, 0.15) is 5.56 Å². The summed E-state index contributed by atoms with van der Waals surface area (Å²) in [5.74, 6) is 0.309. The summed E-state index contributed by atoms with van der Waals surface area (Å²) in [5.41, 5.74) is 1.68. The Kier molecular flexibility index (Phi) is 4.05. The van der Waals surface area contributed by atoms with Gasteiger partial charge in [0.2, 0.25) is 5.76 Å². The summed E-state index contributed by atoms with van der Waals surface area (Å²) < 4.78 is 18.3. The molecule has 0 saturated heterocycles. The van der Waals surface area contributed by atoms with Crippen molar-refractivity contribution in [1.82, 2.24) is 5.32 Å². The molecule has 0 bridgehead atoms. The van der Waals surface area contributed by atoms with E-state index in [0.717, 1.165) is 12.0 Å². The number of benzene rings is 2. The second-order valence-electron chi connectivity index (χ2n) is 4.89. The topological polar surface area (TPSA) is 50.4 Å². The number of rotatable bonds is 4. The van der Waals surface area contributed by atoms with Crippen molar-refractivity contribution in [1.29, 1.82) is 0 Å². The molecule has 3 rings (SSSR count). The molecule has 2 N–H and O–H groups in total. The van der Waals surface area contributed by atoms with Gasteiger partial charge in [0, 0.05) is 12.7 Å². The summed E-state index contributed by atoms with van der Waals surface area (Å²) in [7, 11) is 0. The van der Waals surface area contributed by atoms with Crippen molar-refractivity contribution in [2.75, 3.05) is 11.9 Å². The number of hydrogen-bond donors (Lipinski definition) is 2. The highest BCUT2D eigenvalue weighted by Gasteiger charge is 2.21. The van der Waals surface area contributed by atoms with Crippen LogP contribution in [0, 0.1) is 5.82 Å². The summed E-state index contributed by atoms with van der Waals surface area (Å²) in [6.07, 6.45) is 2.27. The highest BCUT2D eigenvalue weighted by atomic mass is 19.1. The highest BCUT2D eigenvalue weighted by molar-refractivity contribution is 6.05. The number of carbonyl (C=O) groups excluding carboxylic acids is 1. The normalized spacial score (nSPS) is 15.0. The van der Waals surface area contributed by atoms with Crippen LogP contribution in [-0.2, 0) is 11.2 Å². The molecule has 0 spiro atoms. The molecule has 0 aliphatic carbocycles. The number of hydrogen-bond acceptors (Lipinski definition) is 3. The Bertz CT molecular complexity index is 711. The summed E-state index contributed by atoms with van der Waals surface area (Å²) in [4.78, 5) is 11.9. The molecule has 1 aliphatic heterocycles. The van der Waals surface area contributed by atoms with Gasteiger partial charge in [0.05, 0.1) is 5.69 Å². The van der Waals surface area contributed by atoms with Crippen LogP contribution in [0.15, 0.2) is 60.5 Å². The van der Waals surface area contributed by atoms with Crippen molar-refractivity contribution in [2.24, 2.45) is 0 Å². The minimum atomic E-state index is -0.284. The highest BCUT2D eigenvalue weighted by Crippen LogP contribution is 2.29. The Morgan fingerprint density at radius 1 is 1.14 bits per heavy atom. The van der Waals surface area contributed by atoms with Gasteiger partial charge in [-0.3, -0.25) is 4.79 Å². The van der Waals surface area contributed by atoms with Gasteiger partial charge in [0.25, 0.3) is 5.91 Å². The first-order chi connectivity index (χ1) is 10.7. The molecule has 1 amide bonds. The summed E-state index contributed by atoms with van der Waals surface area (Å²) in [6.45, 7) is 0.618. The Labute approximate surface area is 127 Å². The van der Waals surface area contributed by atoms with Crippen LogP contribution < -0.4 is 15.4 Å². The number of amides is 1. The second-order valence-corrected chi connectivity index (χ2v) is 4.89. The molecule has 2 aromatic carbocycles. The maximum atomic E-state index is 12.8. The third-order valence-corrected chi connectivity index (χ3v) is 3.28. The smallest absolute Gasteiger partial charge is 0.293 e. The Morgan fingerprint density at radius 2 is 1.91 bits per heavy atom. The van der Waals surface area contributed by atoms with E-state index in [1.165, 1.54) is 12.1 Å². The molecule has 22 heavy (non-hydrogen) atoms. The van der Waals surface area contributed by atoms with Crippen molar-refractivity contribution >= 4 is 11.6 Å². The molecule has 1 aliphatic rings. The molecule has 5 heteroatoms. The van der Waals surface area contributed by atoms with Crippen molar-refractivity contribution in [3.8, 4) is 5.75 Å². The summed E-state index contributed by atoms with van der Waals surface area (Å²) >= 11 is 0. The maximum absolute atomic E-state index is 12.8. The number of ether oxygens (including phenoxy) is 1. The van der Waals surface area contributed by atoms with Crippen molar-refractivity contribution in [2.45, 2.75) is 6.42 Å². The van der Waals surface area contributed by atoms with E-state index in [1.54, 1.807) is 30.5 Å². The van der Waals surface area contributed by atoms with Crippen molar-refractivity contribution in [3.63, 3.8) is 0 Å². The summed E-state index contributed by atoms with van der Waals surface area (Å²) in [6, 6.07) is 13.6. The zero-order valence-electron chi connectivity index (χ0n) is 11.8. The average Bonchev–Trinajstić information content (AvgIpc) is 2.53. The van der Waals surface area contributed by atoms with Gasteiger partial charge in [0.1, 0.15) is 5.82 Å². The van der Waals surface area contributed by atoms with Gasteiger partial charge in [-0.25, -0.2) is 4.39 Å². The Hall–Kier alpha value is -2.82. The minimum Gasteiger partial charge on any atom is -0.448 e. The zero-order chi connectivity index (χ0) is 15.4. The van der Waals surface area contributed by atoms with Gasteiger partial charge in [-0.15, -0.1) is 0 Å². The van der Waals surface area contributed by atoms with E-state index in [9.17, 15) is 9.18 Å². The van der Waals surface area contributed by atoms with E-state index in [4.69, 9.17) is 4.74 Å². The van der Waals surface area contributed by atoms with Gasteiger partial charge in [-0.2, -0.15) is 0 Å². The number of anilines is 1. The first-order valence-corrected chi connectivity index (χ1v) is 6.98. The quantitative estimate of drug-likeness (QED) is 0.674. The molecule has 112 valence electrons. The zero-order valence-corrected chi connectivity index (χ0v) is 11.8. The van der Waals surface area contributed by atoms with E-state index in [2.05, 4.69) is 10.6 Å². The fourth-order valence-electron chi connectivity index (χ4n) is 2.14. The third kappa shape index (κ3) is 3.25. The van der Waals surface area contributed by atoms with Crippen LogP contribution in [0.4, 0.5) is 10.1 Å². The largest absolute Gasteiger partial charge is 0.448 e. The average molecular weight is 298 g/mol. The molecule has 0 radical (unpaired) electrons. The van der Waals surface area contributed by atoms with Crippen molar-refractivity contribution < 1.29 is 13.9 Å². The number of nitrogens with one attached hydrogen (secondary N) is 2. The van der Waals surface area contributed by atoms with E-state index >= 15 is 0 Å². The molecule has 0 fully saturated rings. The molecule has 1 heterocycles. The fraction of sp³-hybridized carbons (Fsp3) is 0.118. The monoisotopic (exact) mass is 298 g/mol. The number of fused-ring (bicyclic) bond motifs is 1. The molecule has 0 unspecified atom stereocenters. The van der Waals surface area contributed by atoms with Crippen LogP contribution in [0.25, 0.3) is 0 Å². The van der Waals surface area contributed by atoms with Crippen LogP contribution >= 0.6 is 0 Å². The van der Waals surface area contributed by atoms with Gasteiger partial charge in [-0.05, 0) is 36.2 Å². The van der Waals surface area contributed by atoms with Gasteiger partial charge in [-0.1, -0.05) is 24.3 Å². The van der Waals surface area contributed by atoms with E-state index < -0.39 is 0 Å². The van der Waals surface area contributed by atoms with Crippen LogP contribution in [0.5, 0.6) is 5.75 Å². The summed E-state index contributed by atoms with van der Waals surface area (Å²) in [5, 5.41) is 5.80. The van der Waals surface area contributed by atoms with Crippen molar-refractivity contribution in [3.05, 3.63) is 71.9 Å². The van der Waals surface area contributed by atoms with E-state index in [1.807, 2.05) is 12.1 Å². The number of carbonyl (C=O) groups is 1. The fourth-order valence-corrected chi connectivity index (χ4v) is 2.14. The van der Waals surface area contributed by atoms with Crippen LogP contribution in [0.3, 0.4) is 0 Å². The maximum Gasteiger partial charge on any atom is 0.293 e. The lowest BCUT2D eigenvalue weighted by atomic mass is 10.1. The van der Waals surface area contributed by atoms with Gasteiger partial charge in [0.15, 0.2) is 5.75 Å². The molecular weight excluding hydrogens is 283 g/mol. The lowest BCUT2D eigenvalue weighted by molar-refractivity contribution is -0.115. The van der Waals surface area contributed by atoms with Gasteiger partial charge < -0.3 is 15.4 Å². The van der Waals surface area contributed by atoms with Crippen LogP contribution in [0.2, 0.25) is 0 Å². The molecular formula is C17H15FN2O2.